The average Bonchev–Trinajstić information content (AvgIpc) is 2.42. The number of benzene rings is 1. The van der Waals surface area contributed by atoms with Crippen molar-refractivity contribution in [1.82, 2.24) is 0 Å². The molecule has 0 aromatic heterocycles. The largest absolute Gasteiger partial charge is 0.412 e. The fraction of sp³-hybridized carbons (Fsp3) is 0.500. The SMILES string of the molecule is CS(=O)(=O)c1ccc(CP(=O)(OCC(F)(F)F)OCC(F)(F)F)cc1. The van der Waals surface area contributed by atoms with Crippen LogP contribution in [0.5, 0.6) is 0 Å². The normalized spacial score (nSPS) is 13.9. The summed E-state index contributed by atoms with van der Waals surface area (Å²) in [6, 6.07) is 4.33. The van der Waals surface area contributed by atoms with E-state index >= 15 is 0 Å². The van der Waals surface area contributed by atoms with Crippen molar-refractivity contribution >= 4 is 17.4 Å². The summed E-state index contributed by atoms with van der Waals surface area (Å²) in [5.74, 6) is 0. The van der Waals surface area contributed by atoms with E-state index in [1.165, 1.54) is 0 Å². The first-order valence-corrected chi connectivity index (χ1v) is 10.0. The summed E-state index contributed by atoms with van der Waals surface area (Å²) in [7, 11) is -8.33. The first kappa shape index (κ1) is 21.9. The van der Waals surface area contributed by atoms with Crippen LogP contribution < -0.4 is 0 Å². The molecule has 0 unspecified atom stereocenters. The van der Waals surface area contributed by atoms with Crippen molar-refractivity contribution in [3.05, 3.63) is 29.8 Å². The van der Waals surface area contributed by atoms with Crippen molar-refractivity contribution in [3.63, 3.8) is 0 Å². The highest BCUT2D eigenvalue weighted by Gasteiger charge is 2.38. The monoisotopic (exact) mass is 414 g/mol. The number of alkyl halides is 6. The van der Waals surface area contributed by atoms with Crippen LogP contribution in [0, 0.1) is 0 Å². The molecule has 0 aliphatic rings. The highest BCUT2D eigenvalue weighted by Crippen LogP contribution is 2.53. The summed E-state index contributed by atoms with van der Waals surface area (Å²) in [5, 5.41) is 0. The van der Waals surface area contributed by atoms with Gasteiger partial charge in [0.2, 0.25) is 0 Å². The molecular formula is C12H13F6O5PS. The van der Waals surface area contributed by atoms with Crippen molar-refractivity contribution in [3.8, 4) is 0 Å². The van der Waals surface area contributed by atoms with Crippen molar-refractivity contribution in [2.24, 2.45) is 0 Å². The third-order valence-corrected chi connectivity index (χ3v) is 5.50. The van der Waals surface area contributed by atoms with Gasteiger partial charge in [0, 0.05) is 6.26 Å². The third-order valence-electron chi connectivity index (χ3n) is 2.58. The summed E-state index contributed by atoms with van der Waals surface area (Å²) < 4.78 is 116. The Labute approximate surface area is 139 Å². The van der Waals surface area contributed by atoms with E-state index in [-0.39, 0.29) is 10.5 Å². The van der Waals surface area contributed by atoms with Crippen LogP contribution in [0.1, 0.15) is 5.56 Å². The highest BCUT2D eigenvalue weighted by molar-refractivity contribution is 7.90. The lowest BCUT2D eigenvalue weighted by Gasteiger charge is -2.20. The van der Waals surface area contributed by atoms with Crippen LogP contribution in [0.15, 0.2) is 29.2 Å². The van der Waals surface area contributed by atoms with Crippen LogP contribution in [-0.2, 0) is 29.6 Å². The standard InChI is InChI=1S/C12H13F6O5PS/c1-25(20,21)10-4-2-9(3-5-10)6-24(19,22-7-11(13,14)15)23-8-12(16,17)18/h2-5H,6-8H2,1H3. The molecule has 0 amide bonds. The zero-order valence-electron chi connectivity index (χ0n) is 12.6. The van der Waals surface area contributed by atoms with Crippen molar-refractivity contribution in [2.75, 3.05) is 19.5 Å². The molecule has 25 heavy (non-hydrogen) atoms. The molecule has 0 bridgehead atoms. The fourth-order valence-corrected chi connectivity index (χ4v) is 3.77. The van der Waals surface area contributed by atoms with E-state index in [9.17, 15) is 39.3 Å². The van der Waals surface area contributed by atoms with Crippen molar-refractivity contribution < 1.29 is 48.4 Å². The molecule has 144 valence electrons. The maximum atomic E-state index is 12.2. The molecule has 0 spiro atoms. The van der Waals surface area contributed by atoms with Gasteiger partial charge in [0.15, 0.2) is 23.1 Å². The Morgan fingerprint density at radius 2 is 1.32 bits per heavy atom. The van der Waals surface area contributed by atoms with E-state index in [1.54, 1.807) is 0 Å². The molecular weight excluding hydrogens is 401 g/mol. The Morgan fingerprint density at radius 1 is 0.920 bits per heavy atom. The van der Waals surface area contributed by atoms with E-state index in [0.717, 1.165) is 30.5 Å². The van der Waals surface area contributed by atoms with Crippen molar-refractivity contribution in [2.45, 2.75) is 23.4 Å². The van der Waals surface area contributed by atoms with Gasteiger partial charge in [-0.25, -0.2) is 8.42 Å². The molecule has 1 rings (SSSR count). The number of sulfone groups is 1. The topological polar surface area (TPSA) is 69.7 Å². The molecule has 0 aliphatic heterocycles. The average molecular weight is 414 g/mol. The summed E-state index contributed by atoms with van der Waals surface area (Å²) in [5.41, 5.74) is -0.0138. The number of hydrogen-bond donors (Lipinski definition) is 0. The number of hydrogen-bond acceptors (Lipinski definition) is 5. The Morgan fingerprint density at radius 3 is 1.64 bits per heavy atom. The lowest BCUT2D eigenvalue weighted by atomic mass is 10.2. The smallest absolute Gasteiger partial charge is 0.299 e. The minimum Gasteiger partial charge on any atom is -0.299 e. The molecule has 0 aliphatic carbocycles. The quantitative estimate of drug-likeness (QED) is 0.500. The Kier molecular flexibility index (Phi) is 6.71. The second kappa shape index (κ2) is 7.65. The summed E-state index contributed by atoms with van der Waals surface area (Å²) in [6.07, 6.45) is -9.82. The van der Waals surface area contributed by atoms with E-state index in [4.69, 9.17) is 0 Å². The molecule has 0 radical (unpaired) electrons. The lowest BCUT2D eigenvalue weighted by Crippen LogP contribution is -2.20. The summed E-state index contributed by atoms with van der Waals surface area (Å²) in [4.78, 5) is -0.126. The molecule has 5 nitrogen and oxygen atoms in total. The van der Waals surface area contributed by atoms with Gasteiger partial charge in [-0.3, -0.25) is 13.6 Å². The number of rotatable bonds is 7. The predicted molar refractivity (Wildman–Crippen MR) is 74.9 cm³/mol. The minimum absolute atomic E-state index is 0.0138. The highest BCUT2D eigenvalue weighted by atomic mass is 32.2. The van der Waals surface area contributed by atoms with Crippen molar-refractivity contribution in [1.29, 1.82) is 0 Å². The second-order valence-corrected chi connectivity index (χ2v) is 9.03. The van der Waals surface area contributed by atoms with Gasteiger partial charge in [-0.2, -0.15) is 26.3 Å². The van der Waals surface area contributed by atoms with E-state index in [0.29, 0.717) is 0 Å². The van der Waals surface area contributed by atoms with Gasteiger partial charge in [-0.1, -0.05) is 12.1 Å². The lowest BCUT2D eigenvalue weighted by molar-refractivity contribution is -0.165. The molecule has 1 aromatic carbocycles. The van der Waals surface area contributed by atoms with Gasteiger partial charge in [0.1, 0.15) is 0 Å². The third kappa shape index (κ3) is 8.70. The van der Waals surface area contributed by atoms with Gasteiger partial charge >= 0.3 is 19.9 Å². The zero-order valence-corrected chi connectivity index (χ0v) is 14.3. The molecule has 1 aromatic rings. The molecule has 0 heterocycles. The second-order valence-electron chi connectivity index (χ2n) is 4.96. The first-order valence-electron chi connectivity index (χ1n) is 6.40. The van der Waals surface area contributed by atoms with Gasteiger partial charge in [-0.05, 0) is 17.7 Å². The molecule has 0 saturated carbocycles. The van der Waals surface area contributed by atoms with Crippen LogP contribution >= 0.6 is 7.60 Å². The van der Waals surface area contributed by atoms with Crippen LogP contribution in [0.25, 0.3) is 0 Å². The summed E-state index contributed by atoms with van der Waals surface area (Å²) in [6.45, 7) is -4.10. The van der Waals surface area contributed by atoms with E-state index in [2.05, 4.69) is 9.05 Å². The molecule has 13 heteroatoms. The molecule has 0 N–H and O–H groups in total. The Hall–Kier alpha value is -1.10. The van der Waals surface area contributed by atoms with Gasteiger partial charge in [0.25, 0.3) is 0 Å². The van der Waals surface area contributed by atoms with Gasteiger partial charge in [-0.15, -0.1) is 0 Å². The molecule has 0 atom stereocenters. The fourth-order valence-electron chi connectivity index (χ4n) is 1.54. The maximum Gasteiger partial charge on any atom is 0.412 e. The van der Waals surface area contributed by atoms with Gasteiger partial charge in [0.05, 0.1) is 11.1 Å². The molecule has 0 saturated heterocycles. The zero-order chi connectivity index (χ0) is 19.5. The number of halogens is 6. The van der Waals surface area contributed by atoms with E-state index in [1.807, 2.05) is 0 Å². The Balaban J connectivity index is 2.97. The van der Waals surface area contributed by atoms with Crippen LogP contribution in [0.2, 0.25) is 0 Å². The molecule has 0 fully saturated rings. The van der Waals surface area contributed by atoms with E-state index < -0.39 is 49.2 Å². The minimum atomic E-state index is -4.92. The maximum absolute atomic E-state index is 12.2. The van der Waals surface area contributed by atoms with Crippen LogP contribution in [0.4, 0.5) is 26.3 Å². The Bertz CT molecular complexity index is 704. The van der Waals surface area contributed by atoms with Gasteiger partial charge < -0.3 is 0 Å². The first-order chi connectivity index (χ1) is 11.1. The predicted octanol–water partition coefficient (Wildman–Crippen LogP) is 3.94. The van der Waals surface area contributed by atoms with Crippen LogP contribution in [-0.4, -0.2) is 40.2 Å². The van der Waals surface area contributed by atoms with Crippen LogP contribution in [0.3, 0.4) is 0 Å². The summed E-state index contributed by atoms with van der Waals surface area (Å²) >= 11 is 0.